The van der Waals surface area contributed by atoms with Crippen molar-refractivity contribution in [2.75, 3.05) is 6.61 Å². The molecule has 0 aromatic heterocycles. The first-order valence-corrected chi connectivity index (χ1v) is 8.15. The van der Waals surface area contributed by atoms with Crippen LogP contribution in [0.25, 0.3) is 0 Å². The van der Waals surface area contributed by atoms with Gasteiger partial charge in [0.05, 0.1) is 12.2 Å². The maximum absolute atomic E-state index is 12.0. The number of hydrogen-bond acceptors (Lipinski definition) is 3. The van der Waals surface area contributed by atoms with E-state index in [2.05, 4.69) is 40.3 Å². The number of nitrogens with one attached hydrogen (secondary N) is 1. The van der Waals surface area contributed by atoms with Gasteiger partial charge in [-0.05, 0) is 43.2 Å². The quantitative estimate of drug-likeness (QED) is 0.703. The van der Waals surface area contributed by atoms with Crippen LogP contribution in [-0.2, 0) is 11.3 Å². The molecule has 3 nitrogen and oxygen atoms in total. The highest BCUT2D eigenvalue weighted by Crippen LogP contribution is 2.18. The molecule has 0 fully saturated rings. The number of carbonyl (C=O) groups is 1. The Hall–Kier alpha value is -1.36. The van der Waals surface area contributed by atoms with Gasteiger partial charge in [0.15, 0.2) is 0 Å². The second-order valence-corrected chi connectivity index (χ2v) is 5.95. The van der Waals surface area contributed by atoms with Gasteiger partial charge in [-0.15, -0.1) is 12.4 Å². The Balaban J connectivity index is 0.00000264. The molecule has 2 rings (SSSR count). The Morgan fingerprint density at radius 3 is 2.48 bits per heavy atom. The topological polar surface area (TPSA) is 38.3 Å². The molecule has 23 heavy (non-hydrogen) atoms. The fourth-order valence-electron chi connectivity index (χ4n) is 2.21. The number of esters is 1. The number of benzene rings is 2. The third-order valence-corrected chi connectivity index (χ3v) is 4.01. The van der Waals surface area contributed by atoms with Crippen molar-refractivity contribution < 1.29 is 9.53 Å². The van der Waals surface area contributed by atoms with Crippen molar-refractivity contribution in [2.45, 2.75) is 26.4 Å². The van der Waals surface area contributed by atoms with Crippen molar-refractivity contribution >= 4 is 34.3 Å². The summed E-state index contributed by atoms with van der Waals surface area (Å²) >= 11 is 3.44. The molecule has 0 heterocycles. The van der Waals surface area contributed by atoms with E-state index in [0.29, 0.717) is 18.7 Å². The molecule has 1 unspecified atom stereocenters. The minimum Gasteiger partial charge on any atom is -0.462 e. The summed E-state index contributed by atoms with van der Waals surface area (Å²) in [6.45, 7) is 4.92. The Kier molecular flexibility index (Phi) is 8.31. The van der Waals surface area contributed by atoms with Gasteiger partial charge in [-0.1, -0.05) is 46.3 Å². The first-order valence-electron chi connectivity index (χ1n) is 7.35. The van der Waals surface area contributed by atoms with Gasteiger partial charge < -0.3 is 10.1 Å². The summed E-state index contributed by atoms with van der Waals surface area (Å²) in [5.74, 6) is -0.267. The van der Waals surface area contributed by atoms with Crippen molar-refractivity contribution in [3.63, 3.8) is 0 Å². The van der Waals surface area contributed by atoms with Crippen LogP contribution in [0.5, 0.6) is 0 Å². The molecule has 0 aliphatic heterocycles. The van der Waals surface area contributed by atoms with E-state index in [1.54, 1.807) is 6.07 Å². The summed E-state index contributed by atoms with van der Waals surface area (Å²) < 4.78 is 6.17. The van der Waals surface area contributed by atoms with Gasteiger partial charge in [-0.25, -0.2) is 4.79 Å². The summed E-state index contributed by atoms with van der Waals surface area (Å²) in [6.07, 6.45) is 0. The van der Waals surface area contributed by atoms with E-state index in [1.807, 2.05) is 37.3 Å². The molecule has 1 atom stereocenters. The predicted octanol–water partition coefficient (Wildman–Crippen LogP) is 4.90. The van der Waals surface area contributed by atoms with Crippen LogP contribution in [0.4, 0.5) is 0 Å². The predicted molar refractivity (Wildman–Crippen MR) is 99.0 cm³/mol. The molecule has 124 valence electrons. The lowest BCUT2D eigenvalue weighted by Gasteiger charge is -2.16. The van der Waals surface area contributed by atoms with Crippen molar-refractivity contribution in [1.29, 1.82) is 0 Å². The first kappa shape index (κ1) is 19.7. The SMILES string of the molecule is CCOC(=O)c1ccccc1CNC(C)c1ccc(Br)cc1.Cl. The molecule has 0 saturated carbocycles. The monoisotopic (exact) mass is 397 g/mol. The minimum atomic E-state index is -0.267. The van der Waals surface area contributed by atoms with Crippen LogP contribution in [0.3, 0.4) is 0 Å². The maximum Gasteiger partial charge on any atom is 0.338 e. The van der Waals surface area contributed by atoms with E-state index in [4.69, 9.17) is 4.74 Å². The summed E-state index contributed by atoms with van der Waals surface area (Å²) in [4.78, 5) is 12.0. The lowest BCUT2D eigenvalue weighted by atomic mass is 10.1. The number of hydrogen-bond donors (Lipinski definition) is 1. The van der Waals surface area contributed by atoms with Crippen LogP contribution < -0.4 is 5.32 Å². The molecule has 0 amide bonds. The van der Waals surface area contributed by atoms with Crippen LogP contribution in [0.15, 0.2) is 53.0 Å². The first-order chi connectivity index (χ1) is 10.6. The Morgan fingerprint density at radius 1 is 1.17 bits per heavy atom. The largest absolute Gasteiger partial charge is 0.462 e. The van der Waals surface area contributed by atoms with E-state index in [0.717, 1.165) is 10.0 Å². The van der Waals surface area contributed by atoms with Crippen molar-refractivity contribution in [2.24, 2.45) is 0 Å². The van der Waals surface area contributed by atoms with Crippen molar-refractivity contribution in [3.8, 4) is 0 Å². The van der Waals surface area contributed by atoms with Gasteiger partial charge in [0.2, 0.25) is 0 Å². The van der Waals surface area contributed by atoms with Gasteiger partial charge >= 0.3 is 5.97 Å². The van der Waals surface area contributed by atoms with Crippen molar-refractivity contribution in [3.05, 3.63) is 69.7 Å². The number of carbonyl (C=O) groups excluding carboxylic acids is 1. The van der Waals surface area contributed by atoms with Crippen LogP contribution in [0.2, 0.25) is 0 Å². The van der Waals surface area contributed by atoms with E-state index in [-0.39, 0.29) is 24.4 Å². The number of ether oxygens (including phenoxy) is 1. The standard InChI is InChI=1S/C18H20BrNO2.ClH/c1-3-22-18(21)17-7-5-4-6-15(17)12-20-13(2)14-8-10-16(19)11-9-14;/h4-11,13,20H,3,12H2,1-2H3;1H. The molecule has 5 heteroatoms. The van der Waals surface area contributed by atoms with E-state index in [1.165, 1.54) is 5.56 Å². The highest BCUT2D eigenvalue weighted by Gasteiger charge is 2.12. The average molecular weight is 399 g/mol. The molecule has 1 N–H and O–H groups in total. The molecule has 2 aromatic rings. The average Bonchev–Trinajstić information content (AvgIpc) is 2.54. The fourth-order valence-corrected chi connectivity index (χ4v) is 2.48. The van der Waals surface area contributed by atoms with E-state index >= 15 is 0 Å². The number of rotatable bonds is 6. The molecule has 0 aliphatic carbocycles. The maximum atomic E-state index is 12.0. The molecular weight excluding hydrogens is 378 g/mol. The van der Waals surface area contributed by atoms with Crippen LogP contribution in [-0.4, -0.2) is 12.6 Å². The molecule has 0 spiro atoms. The molecule has 0 saturated heterocycles. The fraction of sp³-hybridized carbons (Fsp3) is 0.278. The second-order valence-electron chi connectivity index (χ2n) is 5.03. The van der Waals surface area contributed by atoms with Crippen LogP contribution >= 0.6 is 28.3 Å². The van der Waals surface area contributed by atoms with E-state index < -0.39 is 0 Å². The molecule has 2 aromatic carbocycles. The second kappa shape index (κ2) is 9.71. The van der Waals surface area contributed by atoms with E-state index in [9.17, 15) is 4.79 Å². The van der Waals surface area contributed by atoms with Crippen LogP contribution in [0, 0.1) is 0 Å². The molecule has 0 radical (unpaired) electrons. The molecular formula is C18H21BrClNO2. The lowest BCUT2D eigenvalue weighted by molar-refractivity contribution is 0.0525. The van der Waals surface area contributed by atoms with Gasteiger partial charge in [0.25, 0.3) is 0 Å². The Labute approximate surface area is 152 Å². The molecule has 0 bridgehead atoms. The highest BCUT2D eigenvalue weighted by atomic mass is 79.9. The van der Waals surface area contributed by atoms with Gasteiger partial charge in [-0.3, -0.25) is 0 Å². The van der Waals surface area contributed by atoms with Gasteiger partial charge in [0.1, 0.15) is 0 Å². The summed E-state index contributed by atoms with van der Waals surface area (Å²) in [5.41, 5.74) is 2.78. The smallest absolute Gasteiger partial charge is 0.338 e. The normalized spacial score (nSPS) is 11.4. The zero-order valence-electron chi connectivity index (χ0n) is 13.2. The third-order valence-electron chi connectivity index (χ3n) is 3.48. The third kappa shape index (κ3) is 5.65. The molecule has 0 aliphatic rings. The van der Waals surface area contributed by atoms with Crippen molar-refractivity contribution in [1.82, 2.24) is 5.32 Å². The summed E-state index contributed by atoms with van der Waals surface area (Å²) in [6, 6.07) is 16.0. The van der Waals surface area contributed by atoms with Crippen LogP contribution in [0.1, 0.15) is 41.4 Å². The van der Waals surface area contributed by atoms with Gasteiger partial charge in [0, 0.05) is 17.1 Å². The highest BCUT2D eigenvalue weighted by molar-refractivity contribution is 9.10. The summed E-state index contributed by atoms with van der Waals surface area (Å²) in [7, 11) is 0. The lowest BCUT2D eigenvalue weighted by Crippen LogP contribution is -2.20. The Bertz CT molecular complexity index is 631. The zero-order chi connectivity index (χ0) is 15.9. The summed E-state index contributed by atoms with van der Waals surface area (Å²) in [5, 5.41) is 3.45. The Morgan fingerprint density at radius 2 is 1.83 bits per heavy atom. The van der Waals surface area contributed by atoms with Gasteiger partial charge in [-0.2, -0.15) is 0 Å². The minimum absolute atomic E-state index is 0. The zero-order valence-corrected chi connectivity index (χ0v) is 15.6. The number of halogens is 2.